The van der Waals surface area contributed by atoms with Crippen molar-refractivity contribution in [2.24, 2.45) is 0 Å². The van der Waals surface area contributed by atoms with Crippen LogP contribution in [0.15, 0.2) is 47.4 Å². The molecule has 0 saturated carbocycles. The second kappa shape index (κ2) is 7.05. The van der Waals surface area contributed by atoms with Crippen molar-refractivity contribution in [3.63, 3.8) is 0 Å². The molecule has 1 aromatic heterocycles. The Bertz CT molecular complexity index is 769. The molecule has 2 amide bonds. The number of hydrogen-bond donors (Lipinski definition) is 2. The number of carbonyl (C=O) groups is 1. The van der Waals surface area contributed by atoms with Gasteiger partial charge in [-0.25, -0.2) is 4.79 Å². The van der Waals surface area contributed by atoms with Crippen LogP contribution in [-0.2, 0) is 0 Å². The summed E-state index contributed by atoms with van der Waals surface area (Å²) in [5.74, 6) is 0. The van der Waals surface area contributed by atoms with E-state index in [4.69, 9.17) is 23.8 Å². The smallest absolute Gasteiger partial charge is 0.320 e. The van der Waals surface area contributed by atoms with Gasteiger partial charge in [0.1, 0.15) is 0 Å². The molecule has 23 heavy (non-hydrogen) atoms. The van der Waals surface area contributed by atoms with Gasteiger partial charge in [0, 0.05) is 10.6 Å². The summed E-state index contributed by atoms with van der Waals surface area (Å²) < 4.78 is 0.751. The summed E-state index contributed by atoms with van der Waals surface area (Å²) in [4.78, 5) is 13.1. The predicted octanol–water partition coefficient (Wildman–Crippen LogP) is 4.86. The third kappa shape index (κ3) is 3.45. The van der Waals surface area contributed by atoms with E-state index in [2.05, 4.69) is 10.6 Å². The summed E-state index contributed by atoms with van der Waals surface area (Å²) in [6.07, 6.45) is 1.94. The van der Waals surface area contributed by atoms with Crippen LogP contribution >= 0.6 is 46.9 Å². The van der Waals surface area contributed by atoms with Gasteiger partial charge in [-0.05, 0) is 35.4 Å². The lowest BCUT2D eigenvalue weighted by Gasteiger charge is -2.30. The van der Waals surface area contributed by atoms with Gasteiger partial charge in [0.25, 0.3) is 0 Å². The van der Waals surface area contributed by atoms with Crippen LogP contribution in [0.1, 0.15) is 16.5 Å². The molecule has 0 aliphatic carbocycles. The van der Waals surface area contributed by atoms with Gasteiger partial charge in [-0.1, -0.05) is 42.0 Å². The van der Waals surface area contributed by atoms with Crippen molar-refractivity contribution in [3.05, 3.63) is 62.8 Å². The van der Waals surface area contributed by atoms with E-state index in [0.29, 0.717) is 5.02 Å². The molecule has 118 valence electrons. The maximum atomic E-state index is 12.1. The summed E-state index contributed by atoms with van der Waals surface area (Å²) in [6.45, 7) is 0. The van der Waals surface area contributed by atoms with Crippen LogP contribution in [0, 0.1) is 0 Å². The number of halogens is 1. The van der Waals surface area contributed by atoms with Crippen LogP contribution < -0.4 is 10.6 Å². The van der Waals surface area contributed by atoms with E-state index in [9.17, 15) is 4.79 Å². The Balaban J connectivity index is 2.16. The van der Waals surface area contributed by atoms with Crippen molar-refractivity contribution in [2.45, 2.75) is 6.04 Å². The third-order valence-corrected chi connectivity index (χ3v) is 5.90. The first-order valence-electron chi connectivity index (χ1n) is 6.79. The number of amides is 2. The normalized spacial score (nSPS) is 17.7. The van der Waals surface area contributed by atoms with E-state index in [1.807, 2.05) is 48.0 Å². The Morgan fingerprint density at radius 2 is 2.04 bits per heavy atom. The molecule has 1 aliphatic rings. The van der Waals surface area contributed by atoms with E-state index >= 15 is 0 Å². The van der Waals surface area contributed by atoms with Gasteiger partial charge in [0.2, 0.25) is 0 Å². The van der Waals surface area contributed by atoms with Crippen molar-refractivity contribution in [1.82, 2.24) is 10.6 Å². The zero-order valence-corrected chi connectivity index (χ0v) is 15.3. The lowest BCUT2D eigenvalue weighted by Crippen LogP contribution is -2.44. The van der Waals surface area contributed by atoms with Gasteiger partial charge in [-0.3, -0.25) is 0 Å². The molecule has 3 rings (SSSR count). The molecule has 1 atom stereocenters. The maximum Gasteiger partial charge on any atom is 0.320 e. The molecule has 1 aliphatic heterocycles. The second-order valence-corrected chi connectivity index (χ2v) is 7.71. The van der Waals surface area contributed by atoms with Crippen LogP contribution in [0.25, 0.3) is 5.70 Å². The Labute approximate surface area is 153 Å². The first kappa shape index (κ1) is 16.5. The summed E-state index contributed by atoms with van der Waals surface area (Å²) >= 11 is 14.6. The van der Waals surface area contributed by atoms with E-state index in [-0.39, 0.29) is 12.1 Å². The molecule has 1 unspecified atom stereocenters. The Morgan fingerprint density at radius 1 is 1.30 bits per heavy atom. The monoisotopic (exact) mass is 380 g/mol. The molecule has 0 spiro atoms. The van der Waals surface area contributed by atoms with Gasteiger partial charge in [0.15, 0.2) is 0 Å². The molecule has 0 bridgehead atoms. The number of thiocarbonyl (C=S) groups is 1. The van der Waals surface area contributed by atoms with Gasteiger partial charge in [0.05, 0.1) is 20.8 Å². The minimum absolute atomic E-state index is 0.235. The number of urea groups is 1. The fourth-order valence-corrected chi connectivity index (χ4v) is 3.94. The SMILES string of the molecule is CSC(=S)C1=C(c2cccs2)NC(=O)NC1c1ccc(Cl)cc1. The minimum atomic E-state index is -0.293. The van der Waals surface area contributed by atoms with Gasteiger partial charge < -0.3 is 10.6 Å². The van der Waals surface area contributed by atoms with Crippen LogP contribution in [0.3, 0.4) is 0 Å². The molecular formula is C16H13ClN2OS3. The standard InChI is InChI=1S/C16H13ClN2OS3/c1-22-15(21)12-13(9-4-6-10(17)7-5-9)18-16(20)19-14(12)11-3-2-8-23-11/h2-8,13H,1H3,(H2,18,19,20). The van der Waals surface area contributed by atoms with E-state index in [1.54, 1.807) is 11.3 Å². The molecule has 2 N–H and O–H groups in total. The lowest BCUT2D eigenvalue weighted by molar-refractivity contribution is 0.241. The lowest BCUT2D eigenvalue weighted by atomic mass is 9.96. The molecule has 2 heterocycles. The van der Waals surface area contributed by atoms with Crippen molar-refractivity contribution in [1.29, 1.82) is 0 Å². The van der Waals surface area contributed by atoms with Crippen molar-refractivity contribution in [3.8, 4) is 0 Å². The molecule has 3 nitrogen and oxygen atoms in total. The molecule has 2 aromatic rings. The first-order valence-corrected chi connectivity index (χ1v) is 9.68. The summed E-state index contributed by atoms with van der Waals surface area (Å²) in [5.41, 5.74) is 2.64. The summed E-state index contributed by atoms with van der Waals surface area (Å²) in [5, 5.41) is 8.51. The molecule has 0 radical (unpaired) electrons. The molecule has 0 fully saturated rings. The first-order chi connectivity index (χ1) is 11.1. The van der Waals surface area contributed by atoms with Crippen molar-refractivity contribution >= 4 is 62.8 Å². The highest BCUT2D eigenvalue weighted by Crippen LogP contribution is 2.36. The third-order valence-electron chi connectivity index (χ3n) is 3.45. The fourth-order valence-electron chi connectivity index (χ4n) is 2.41. The second-order valence-electron chi connectivity index (χ2n) is 4.84. The largest absolute Gasteiger partial charge is 0.327 e. The fraction of sp³-hybridized carbons (Fsp3) is 0.125. The van der Waals surface area contributed by atoms with Crippen molar-refractivity contribution < 1.29 is 4.79 Å². The average Bonchev–Trinajstić information content (AvgIpc) is 3.08. The predicted molar refractivity (Wildman–Crippen MR) is 103 cm³/mol. The Kier molecular flexibility index (Phi) is 5.06. The number of carbonyl (C=O) groups excluding carboxylic acids is 1. The zero-order chi connectivity index (χ0) is 16.4. The van der Waals surface area contributed by atoms with Crippen LogP contribution in [0.4, 0.5) is 4.79 Å². The van der Waals surface area contributed by atoms with E-state index in [1.165, 1.54) is 11.8 Å². The van der Waals surface area contributed by atoms with Crippen molar-refractivity contribution in [2.75, 3.05) is 6.26 Å². The topological polar surface area (TPSA) is 41.1 Å². The maximum absolute atomic E-state index is 12.1. The van der Waals surface area contributed by atoms with Crippen LogP contribution in [-0.4, -0.2) is 16.5 Å². The number of thiophene rings is 1. The number of rotatable bonds is 3. The summed E-state index contributed by atoms with van der Waals surface area (Å²) in [6, 6.07) is 10.9. The summed E-state index contributed by atoms with van der Waals surface area (Å²) in [7, 11) is 0. The molecule has 0 saturated heterocycles. The quantitative estimate of drug-likeness (QED) is 0.747. The molecule has 7 heteroatoms. The minimum Gasteiger partial charge on any atom is -0.327 e. The van der Waals surface area contributed by atoms with Crippen LogP contribution in [0.2, 0.25) is 5.02 Å². The van der Waals surface area contributed by atoms with Gasteiger partial charge in [-0.2, -0.15) is 0 Å². The average molecular weight is 381 g/mol. The molecule has 1 aromatic carbocycles. The zero-order valence-electron chi connectivity index (χ0n) is 12.1. The van der Waals surface area contributed by atoms with E-state index in [0.717, 1.165) is 25.9 Å². The number of hydrogen-bond acceptors (Lipinski definition) is 4. The number of nitrogens with one attached hydrogen (secondary N) is 2. The Hall–Kier alpha value is -1.34. The number of benzene rings is 1. The van der Waals surface area contributed by atoms with Gasteiger partial charge >= 0.3 is 6.03 Å². The highest BCUT2D eigenvalue weighted by Gasteiger charge is 2.31. The van der Waals surface area contributed by atoms with Crippen LogP contribution in [0.5, 0.6) is 0 Å². The van der Waals surface area contributed by atoms with E-state index < -0.39 is 0 Å². The number of thioether (sulfide) groups is 1. The van der Waals surface area contributed by atoms with Gasteiger partial charge in [-0.15, -0.1) is 23.1 Å². The highest BCUT2D eigenvalue weighted by molar-refractivity contribution is 8.23. The Morgan fingerprint density at radius 3 is 2.65 bits per heavy atom. The highest BCUT2D eigenvalue weighted by atomic mass is 35.5. The molecular weight excluding hydrogens is 368 g/mol.